The number of allylic oxidation sites excluding steroid dienone is 2. The van der Waals surface area contributed by atoms with E-state index in [0.717, 1.165) is 0 Å². The predicted molar refractivity (Wildman–Crippen MR) is 141 cm³/mol. The number of carbonyl (C=O) groups is 2. The number of nitrogens with two attached hydrogens (primary N) is 2. The van der Waals surface area contributed by atoms with E-state index in [2.05, 4.69) is 18.5 Å². The molecule has 2 aromatic rings. The molecular formula is C28H30FN5O2. The number of benzene rings is 2. The maximum absolute atomic E-state index is 13.9. The SMILES string of the molecule is C=C/C=C(\C=C)C(=O)NC1C(=O)N(CC)C(=Nc2ccccc2)/C(=C(\N)CN)C1c1ccc(F)cc1. The minimum atomic E-state index is -1.06. The number of hydrogen-bond donors (Lipinski definition) is 3. The van der Waals surface area contributed by atoms with Gasteiger partial charge in [0, 0.05) is 35.9 Å². The van der Waals surface area contributed by atoms with Crippen LogP contribution in [0.15, 0.2) is 108 Å². The van der Waals surface area contributed by atoms with Crippen LogP contribution in [-0.2, 0) is 9.59 Å². The van der Waals surface area contributed by atoms with Gasteiger partial charge in [0.15, 0.2) is 0 Å². The van der Waals surface area contributed by atoms with Gasteiger partial charge in [0.1, 0.15) is 17.7 Å². The third-order valence-electron chi connectivity index (χ3n) is 5.84. The summed E-state index contributed by atoms with van der Waals surface area (Å²) in [5.41, 5.74) is 14.6. The Hall–Kier alpha value is -4.30. The van der Waals surface area contributed by atoms with Crippen molar-refractivity contribution < 1.29 is 14.0 Å². The lowest BCUT2D eigenvalue weighted by atomic mass is 9.78. The van der Waals surface area contributed by atoms with Crippen molar-refractivity contribution in [2.45, 2.75) is 18.9 Å². The van der Waals surface area contributed by atoms with E-state index < -0.39 is 23.7 Å². The zero-order chi connectivity index (χ0) is 26.2. The zero-order valence-corrected chi connectivity index (χ0v) is 20.2. The van der Waals surface area contributed by atoms with Crippen LogP contribution in [0, 0.1) is 5.82 Å². The first-order chi connectivity index (χ1) is 17.4. The molecule has 1 fully saturated rings. The predicted octanol–water partition coefficient (Wildman–Crippen LogP) is 3.46. The molecule has 1 aliphatic heterocycles. The molecule has 0 spiro atoms. The molecule has 8 heteroatoms. The van der Waals surface area contributed by atoms with Gasteiger partial charge in [-0.1, -0.05) is 61.7 Å². The van der Waals surface area contributed by atoms with Gasteiger partial charge in [-0.25, -0.2) is 9.38 Å². The third kappa shape index (κ3) is 5.50. The van der Waals surface area contributed by atoms with E-state index in [1.807, 2.05) is 18.2 Å². The van der Waals surface area contributed by atoms with Gasteiger partial charge in [0.05, 0.1) is 5.69 Å². The highest BCUT2D eigenvalue weighted by molar-refractivity contribution is 6.15. The Bertz CT molecular complexity index is 1230. The number of amides is 2. The molecular weight excluding hydrogens is 457 g/mol. The molecule has 2 atom stereocenters. The molecule has 0 bridgehead atoms. The van der Waals surface area contributed by atoms with Crippen molar-refractivity contribution in [3.63, 3.8) is 0 Å². The Morgan fingerprint density at radius 1 is 1.17 bits per heavy atom. The number of para-hydroxylation sites is 1. The molecule has 2 aromatic carbocycles. The average Bonchev–Trinajstić information content (AvgIpc) is 2.89. The number of likely N-dealkylation sites (N-methyl/N-ethyl adjacent to an activating group) is 1. The van der Waals surface area contributed by atoms with Crippen LogP contribution in [0.25, 0.3) is 0 Å². The molecule has 0 radical (unpaired) electrons. The molecule has 1 aliphatic rings. The molecule has 0 aromatic heterocycles. The van der Waals surface area contributed by atoms with Crippen LogP contribution in [0.3, 0.4) is 0 Å². The minimum absolute atomic E-state index is 0.0124. The molecule has 2 amide bonds. The van der Waals surface area contributed by atoms with Crippen molar-refractivity contribution in [3.05, 3.63) is 114 Å². The number of amidine groups is 1. The van der Waals surface area contributed by atoms with Gasteiger partial charge in [-0.3, -0.25) is 14.5 Å². The second-order valence-electron chi connectivity index (χ2n) is 8.04. The number of nitrogens with one attached hydrogen (secondary N) is 1. The number of halogens is 1. The first kappa shape index (κ1) is 26.3. The first-order valence-corrected chi connectivity index (χ1v) is 11.5. The van der Waals surface area contributed by atoms with Crippen LogP contribution in [0.2, 0.25) is 0 Å². The van der Waals surface area contributed by atoms with E-state index in [0.29, 0.717) is 28.4 Å². The molecule has 5 N–H and O–H groups in total. The summed E-state index contributed by atoms with van der Waals surface area (Å²) in [6.07, 6.45) is 4.33. The fraction of sp³-hybridized carbons (Fsp3) is 0.179. The Balaban J connectivity index is 2.27. The Morgan fingerprint density at radius 2 is 1.83 bits per heavy atom. The van der Waals surface area contributed by atoms with Crippen molar-refractivity contribution in [3.8, 4) is 0 Å². The van der Waals surface area contributed by atoms with Crippen LogP contribution in [0.4, 0.5) is 10.1 Å². The number of likely N-dealkylation sites (tertiary alicyclic amines) is 1. The van der Waals surface area contributed by atoms with Gasteiger partial charge in [-0.05, 0) is 36.8 Å². The van der Waals surface area contributed by atoms with E-state index in [1.54, 1.807) is 31.2 Å². The number of aliphatic imine (C=N–C) groups is 1. The Kier molecular flexibility index (Phi) is 8.70. The van der Waals surface area contributed by atoms with Gasteiger partial charge >= 0.3 is 0 Å². The maximum atomic E-state index is 13.9. The second-order valence-corrected chi connectivity index (χ2v) is 8.04. The van der Waals surface area contributed by atoms with Gasteiger partial charge < -0.3 is 16.8 Å². The first-order valence-electron chi connectivity index (χ1n) is 11.5. The molecule has 186 valence electrons. The smallest absolute Gasteiger partial charge is 0.251 e. The largest absolute Gasteiger partial charge is 0.401 e. The quantitative estimate of drug-likeness (QED) is 0.391. The summed E-state index contributed by atoms with van der Waals surface area (Å²) in [7, 11) is 0. The summed E-state index contributed by atoms with van der Waals surface area (Å²) in [5.74, 6) is -1.77. The van der Waals surface area contributed by atoms with Gasteiger partial charge in [0.2, 0.25) is 0 Å². The van der Waals surface area contributed by atoms with Gasteiger partial charge in [-0.15, -0.1) is 0 Å². The molecule has 36 heavy (non-hydrogen) atoms. The number of carbonyl (C=O) groups excluding carboxylic acids is 2. The topological polar surface area (TPSA) is 114 Å². The standard InChI is InChI=1S/C28H30FN5O2/c1-4-10-18(5-2)27(35)33-25-23(19-13-15-20(29)16-14-19)24(22(31)17-30)26(34(6-3)28(25)36)32-21-11-8-7-9-12-21/h4-5,7-16,23,25H,1-2,6,17,30-31H2,3H3,(H,33,35)/b18-10+,24-22-,32-26?. The minimum Gasteiger partial charge on any atom is -0.401 e. The number of hydrogen-bond acceptors (Lipinski definition) is 5. The lowest BCUT2D eigenvalue weighted by Gasteiger charge is -2.41. The lowest BCUT2D eigenvalue weighted by Crippen LogP contribution is -2.59. The second kappa shape index (κ2) is 11.9. The van der Waals surface area contributed by atoms with E-state index in [4.69, 9.17) is 16.5 Å². The Morgan fingerprint density at radius 3 is 2.39 bits per heavy atom. The van der Waals surface area contributed by atoms with Crippen LogP contribution >= 0.6 is 0 Å². The fourth-order valence-electron chi connectivity index (χ4n) is 4.13. The number of piperidine rings is 1. The fourth-order valence-corrected chi connectivity index (χ4v) is 4.13. The normalized spacial score (nSPS) is 20.8. The van der Waals surface area contributed by atoms with Crippen molar-refractivity contribution in [2.75, 3.05) is 13.1 Å². The van der Waals surface area contributed by atoms with Crippen molar-refractivity contribution in [1.29, 1.82) is 0 Å². The van der Waals surface area contributed by atoms with Crippen molar-refractivity contribution in [2.24, 2.45) is 16.5 Å². The van der Waals surface area contributed by atoms with Crippen molar-refractivity contribution in [1.82, 2.24) is 10.2 Å². The zero-order valence-electron chi connectivity index (χ0n) is 20.2. The van der Waals surface area contributed by atoms with Crippen LogP contribution < -0.4 is 16.8 Å². The monoisotopic (exact) mass is 487 g/mol. The van der Waals surface area contributed by atoms with Crippen molar-refractivity contribution >= 4 is 23.3 Å². The summed E-state index contributed by atoms with van der Waals surface area (Å²) in [6.45, 7) is 9.34. The molecule has 2 unspecified atom stereocenters. The molecule has 7 nitrogen and oxygen atoms in total. The van der Waals surface area contributed by atoms with E-state index in [-0.39, 0.29) is 24.6 Å². The molecule has 0 aliphatic carbocycles. The Labute approximate surface area is 210 Å². The highest BCUT2D eigenvalue weighted by Gasteiger charge is 2.45. The maximum Gasteiger partial charge on any atom is 0.251 e. The van der Waals surface area contributed by atoms with E-state index >= 15 is 0 Å². The summed E-state index contributed by atoms with van der Waals surface area (Å²) in [5, 5.41) is 2.83. The van der Waals surface area contributed by atoms with Crippen LogP contribution in [-0.4, -0.2) is 41.7 Å². The van der Waals surface area contributed by atoms with E-state index in [1.165, 1.54) is 35.3 Å². The molecule has 1 saturated heterocycles. The van der Waals surface area contributed by atoms with Crippen LogP contribution in [0.5, 0.6) is 0 Å². The average molecular weight is 488 g/mol. The molecule has 0 saturated carbocycles. The number of rotatable bonds is 8. The van der Waals surface area contributed by atoms with Crippen LogP contribution in [0.1, 0.15) is 18.4 Å². The number of nitrogens with zero attached hydrogens (tertiary/aromatic N) is 2. The summed E-state index contributed by atoms with van der Waals surface area (Å²) >= 11 is 0. The van der Waals surface area contributed by atoms with Gasteiger partial charge in [0.25, 0.3) is 11.8 Å². The molecule has 3 rings (SSSR count). The summed E-state index contributed by atoms with van der Waals surface area (Å²) in [6, 6.07) is 13.8. The summed E-state index contributed by atoms with van der Waals surface area (Å²) in [4.78, 5) is 33.2. The highest BCUT2D eigenvalue weighted by atomic mass is 19.1. The highest BCUT2D eigenvalue weighted by Crippen LogP contribution is 2.37. The van der Waals surface area contributed by atoms with Gasteiger partial charge in [-0.2, -0.15) is 0 Å². The molecule has 1 heterocycles. The third-order valence-corrected chi connectivity index (χ3v) is 5.84. The summed E-state index contributed by atoms with van der Waals surface area (Å²) < 4.78 is 13.8. The van der Waals surface area contributed by atoms with E-state index in [9.17, 15) is 14.0 Å². The lowest BCUT2D eigenvalue weighted by molar-refractivity contribution is -0.133.